The Morgan fingerprint density at radius 1 is 1.35 bits per heavy atom. The highest BCUT2D eigenvalue weighted by molar-refractivity contribution is 5.75. The van der Waals surface area contributed by atoms with Gasteiger partial charge in [-0.05, 0) is 53.2 Å². The van der Waals surface area contributed by atoms with Crippen LogP contribution in [0.15, 0.2) is 0 Å². The van der Waals surface area contributed by atoms with Crippen LogP contribution in [-0.2, 0) is 4.79 Å². The standard InChI is InChI=1S/C14H27N3O3/c1-14(2,8-5-12(18)19)15-13(20)17(4)11-6-9-16(3)10-7-11/h11H,5-10H2,1-4H3,(H,15,20)(H,18,19). The predicted octanol–water partition coefficient (Wildman–Crippen LogP) is 1.37. The van der Waals surface area contributed by atoms with Gasteiger partial charge in [-0.25, -0.2) is 4.79 Å². The first-order valence-electron chi connectivity index (χ1n) is 7.16. The second kappa shape index (κ2) is 6.92. The minimum atomic E-state index is -0.837. The van der Waals surface area contributed by atoms with Gasteiger partial charge in [0.1, 0.15) is 0 Å². The van der Waals surface area contributed by atoms with Gasteiger partial charge in [-0.3, -0.25) is 4.79 Å². The predicted molar refractivity (Wildman–Crippen MR) is 77.8 cm³/mol. The smallest absolute Gasteiger partial charge is 0.317 e. The van der Waals surface area contributed by atoms with Crippen LogP contribution in [0.5, 0.6) is 0 Å². The second-order valence-electron chi connectivity index (χ2n) is 6.35. The van der Waals surface area contributed by atoms with Gasteiger partial charge in [0.15, 0.2) is 0 Å². The molecule has 2 N–H and O–H groups in total. The molecular formula is C14H27N3O3. The Morgan fingerprint density at radius 2 is 1.90 bits per heavy atom. The Balaban J connectivity index is 2.46. The third-order valence-electron chi connectivity index (χ3n) is 3.97. The molecule has 0 spiro atoms. The van der Waals surface area contributed by atoms with E-state index in [1.807, 2.05) is 20.9 Å². The van der Waals surface area contributed by atoms with Crippen LogP contribution in [0.2, 0.25) is 0 Å². The van der Waals surface area contributed by atoms with Crippen LogP contribution in [0, 0.1) is 0 Å². The normalized spacial score (nSPS) is 17.8. The molecule has 1 aliphatic heterocycles. The van der Waals surface area contributed by atoms with Crippen molar-refractivity contribution >= 4 is 12.0 Å². The van der Waals surface area contributed by atoms with Crippen molar-refractivity contribution in [2.45, 2.75) is 51.1 Å². The van der Waals surface area contributed by atoms with Crippen LogP contribution < -0.4 is 5.32 Å². The molecule has 0 saturated carbocycles. The van der Waals surface area contributed by atoms with Gasteiger partial charge >= 0.3 is 12.0 Å². The van der Waals surface area contributed by atoms with Crippen LogP contribution in [0.4, 0.5) is 4.79 Å². The first-order chi connectivity index (χ1) is 9.21. The van der Waals surface area contributed by atoms with E-state index in [1.54, 1.807) is 4.90 Å². The number of rotatable bonds is 5. The lowest BCUT2D eigenvalue weighted by Crippen LogP contribution is -2.53. The molecule has 6 nitrogen and oxygen atoms in total. The molecule has 1 fully saturated rings. The van der Waals surface area contributed by atoms with E-state index in [4.69, 9.17) is 5.11 Å². The van der Waals surface area contributed by atoms with Crippen molar-refractivity contribution in [1.82, 2.24) is 15.1 Å². The lowest BCUT2D eigenvalue weighted by atomic mass is 9.98. The van der Waals surface area contributed by atoms with Crippen LogP contribution in [0.3, 0.4) is 0 Å². The number of nitrogens with zero attached hydrogens (tertiary/aromatic N) is 2. The quantitative estimate of drug-likeness (QED) is 0.800. The largest absolute Gasteiger partial charge is 0.481 e. The maximum atomic E-state index is 12.2. The van der Waals surface area contributed by atoms with Crippen molar-refractivity contribution in [3.8, 4) is 0 Å². The highest BCUT2D eigenvalue weighted by Crippen LogP contribution is 2.16. The number of likely N-dealkylation sites (tertiary alicyclic amines) is 1. The summed E-state index contributed by atoms with van der Waals surface area (Å²) in [7, 11) is 3.91. The Kier molecular flexibility index (Phi) is 5.80. The van der Waals surface area contributed by atoms with Gasteiger partial charge in [0, 0.05) is 25.0 Å². The van der Waals surface area contributed by atoms with Crippen LogP contribution in [-0.4, -0.2) is 65.7 Å². The van der Waals surface area contributed by atoms with Crippen LogP contribution >= 0.6 is 0 Å². The molecule has 0 radical (unpaired) electrons. The molecule has 1 saturated heterocycles. The summed E-state index contributed by atoms with van der Waals surface area (Å²) in [6, 6.07) is 0.149. The van der Waals surface area contributed by atoms with Gasteiger partial charge in [-0.1, -0.05) is 0 Å². The Hall–Kier alpha value is -1.30. The van der Waals surface area contributed by atoms with E-state index in [0.29, 0.717) is 6.42 Å². The van der Waals surface area contributed by atoms with Crippen molar-refractivity contribution in [2.24, 2.45) is 0 Å². The number of carbonyl (C=O) groups excluding carboxylic acids is 1. The Morgan fingerprint density at radius 3 is 2.40 bits per heavy atom. The van der Waals surface area contributed by atoms with E-state index in [2.05, 4.69) is 17.3 Å². The summed E-state index contributed by atoms with van der Waals surface area (Å²) in [5.41, 5.74) is -0.505. The molecule has 0 aromatic carbocycles. The van der Waals surface area contributed by atoms with Crippen molar-refractivity contribution in [2.75, 3.05) is 27.2 Å². The van der Waals surface area contributed by atoms with E-state index >= 15 is 0 Å². The fourth-order valence-corrected chi connectivity index (χ4v) is 2.41. The molecule has 6 heteroatoms. The molecule has 20 heavy (non-hydrogen) atoms. The minimum Gasteiger partial charge on any atom is -0.481 e. The van der Waals surface area contributed by atoms with Crippen LogP contribution in [0.1, 0.15) is 39.5 Å². The molecule has 0 aliphatic carbocycles. The van der Waals surface area contributed by atoms with Gasteiger partial charge in [0.05, 0.1) is 0 Å². The number of carboxylic acids is 1. The van der Waals surface area contributed by atoms with Gasteiger partial charge in [0.2, 0.25) is 0 Å². The number of hydrogen-bond acceptors (Lipinski definition) is 3. The monoisotopic (exact) mass is 285 g/mol. The molecule has 116 valence electrons. The molecule has 0 aromatic rings. The average molecular weight is 285 g/mol. The summed E-state index contributed by atoms with van der Waals surface area (Å²) >= 11 is 0. The summed E-state index contributed by atoms with van der Waals surface area (Å²) in [4.78, 5) is 26.9. The summed E-state index contributed by atoms with van der Waals surface area (Å²) < 4.78 is 0. The van der Waals surface area contributed by atoms with Gasteiger partial charge in [0.25, 0.3) is 0 Å². The molecule has 0 aromatic heterocycles. The molecule has 0 unspecified atom stereocenters. The fraction of sp³-hybridized carbons (Fsp3) is 0.857. The molecule has 1 rings (SSSR count). The molecular weight excluding hydrogens is 258 g/mol. The summed E-state index contributed by atoms with van der Waals surface area (Å²) in [5, 5.41) is 11.7. The third-order valence-corrected chi connectivity index (χ3v) is 3.97. The number of amides is 2. The molecule has 2 amide bonds. The van der Waals surface area contributed by atoms with E-state index in [0.717, 1.165) is 25.9 Å². The first-order valence-corrected chi connectivity index (χ1v) is 7.16. The first kappa shape index (κ1) is 16.8. The summed E-state index contributed by atoms with van der Waals surface area (Å²) in [5.74, 6) is -0.837. The molecule has 0 bridgehead atoms. The lowest BCUT2D eigenvalue weighted by molar-refractivity contribution is -0.137. The highest BCUT2D eigenvalue weighted by atomic mass is 16.4. The van der Waals surface area contributed by atoms with E-state index in [-0.39, 0.29) is 18.5 Å². The van der Waals surface area contributed by atoms with Gasteiger partial charge in [-0.15, -0.1) is 0 Å². The number of carboxylic acid groups (broad SMARTS) is 1. The van der Waals surface area contributed by atoms with Crippen LogP contribution in [0.25, 0.3) is 0 Å². The van der Waals surface area contributed by atoms with Crippen molar-refractivity contribution in [1.29, 1.82) is 0 Å². The van der Waals surface area contributed by atoms with E-state index < -0.39 is 11.5 Å². The Bertz CT molecular complexity index is 350. The average Bonchev–Trinajstić information content (AvgIpc) is 2.36. The third kappa shape index (κ3) is 5.36. The number of aliphatic carboxylic acids is 1. The maximum absolute atomic E-state index is 12.2. The maximum Gasteiger partial charge on any atom is 0.317 e. The van der Waals surface area contributed by atoms with Crippen molar-refractivity contribution in [3.05, 3.63) is 0 Å². The molecule has 0 atom stereocenters. The topological polar surface area (TPSA) is 72.9 Å². The van der Waals surface area contributed by atoms with Crippen molar-refractivity contribution in [3.63, 3.8) is 0 Å². The van der Waals surface area contributed by atoms with Crippen molar-refractivity contribution < 1.29 is 14.7 Å². The zero-order valence-electron chi connectivity index (χ0n) is 13.0. The molecule has 1 aliphatic rings. The number of urea groups is 1. The molecule has 1 heterocycles. The zero-order chi connectivity index (χ0) is 15.3. The highest BCUT2D eigenvalue weighted by Gasteiger charge is 2.28. The number of piperidine rings is 1. The SMILES string of the molecule is CN1CCC(N(C)C(=O)NC(C)(C)CCC(=O)O)CC1. The zero-order valence-corrected chi connectivity index (χ0v) is 13.0. The summed E-state index contributed by atoms with van der Waals surface area (Å²) in [6.07, 6.45) is 2.45. The van der Waals surface area contributed by atoms with Gasteiger partial charge < -0.3 is 20.2 Å². The van der Waals surface area contributed by atoms with E-state index in [1.165, 1.54) is 0 Å². The van der Waals surface area contributed by atoms with Gasteiger partial charge in [-0.2, -0.15) is 0 Å². The fourth-order valence-electron chi connectivity index (χ4n) is 2.41. The lowest BCUT2D eigenvalue weighted by Gasteiger charge is -2.37. The van der Waals surface area contributed by atoms with E-state index in [9.17, 15) is 9.59 Å². The number of hydrogen-bond donors (Lipinski definition) is 2. The Labute approximate surface area is 121 Å². The summed E-state index contributed by atoms with van der Waals surface area (Å²) in [6.45, 7) is 5.72. The number of nitrogens with one attached hydrogen (secondary N) is 1. The number of carbonyl (C=O) groups is 2. The second-order valence-corrected chi connectivity index (χ2v) is 6.35. The minimum absolute atomic E-state index is 0.0607.